The monoisotopic (exact) mass is 295 g/mol. The van der Waals surface area contributed by atoms with E-state index < -0.39 is 23.7 Å². The Labute approximate surface area is 98.4 Å². The zero-order valence-electron chi connectivity index (χ0n) is 8.21. The summed E-state index contributed by atoms with van der Waals surface area (Å²) in [5.41, 5.74) is -0.436. The molecule has 0 aliphatic carbocycles. The van der Waals surface area contributed by atoms with Crippen LogP contribution in [-0.2, 0) is 16.0 Å². The first kappa shape index (κ1) is 12.8. The SMILES string of the molecule is COC(=O)Cc1ncc(C(F)F)c(Br)c1O. The minimum Gasteiger partial charge on any atom is -0.505 e. The molecule has 0 amide bonds. The summed E-state index contributed by atoms with van der Waals surface area (Å²) in [5.74, 6) is -1.08. The van der Waals surface area contributed by atoms with Gasteiger partial charge in [-0.15, -0.1) is 0 Å². The van der Waals surface area contributed by atoms with Gasteiger partial charge < -0.3 is 9.84 Å². The van der Waals surface area contributed by atoms with Crippen LogP contribution in [0.5, 0.6) is 5.75 Å². The van der Waals surface area contributed by atoms with Crippen LogP contribution in [0.1, 0.15) is 17.7 Å². The van der Waals surface area contributed by atoms with E-state index >= 15 is 0 Å². The van der Waals surface area contributed by atoms with Gasteiger partial charge in [-0.05, 0) is 15.9 Å². The molecule has 1 N–H and O–H groups in total. The van der Waals surface area contributed by atoms with Crippen LogP contribution in [0.3, 0.4) is 0 Å². The Morgan fingerprint density at radius 2 is 2.31 bits per heavy atom. The van der Waals surface area contributed by atoms with E-state index in [1.165, 1.54) is 7.11 Å². The average molecular weight is 296 g/mol. The highest BCUT2D eigenvalue weighted by atomic mass is 79.9. The van der Waals surface area contributed by atoms with Crippen LogP contribution in [0.4, 0.5) is 8.78 Å². The summed E-state index contributed by atoms with van der Waals surface area (Å²) in [7, 11) is 1.18. The molecule has 0 fully saturated rings. The second-order valence-corrected chi connectivity index (χ2v) is 3.67. The minimum absolute atomic E-state index is 0.0110. The standard InChI is InChI=1S/C9H8BrF2NO3/c1-16-6(14)2-5-8(15)7(10)4(3-13-5)9(11)12/h3,9,15H,2H2,1H3. The van der Waals surface area contributed by atoms with Crippen molar-refractivity contribution in [1.82, 2.24) is 4.98 Å². The number of rotatable bonds is 3. The normalized spacial score (nSPS) is 10.6. The van der Waals surface area contributed by atoms with Gasteiger partial charge in [-0.1, -0.05) is 0 Å². The van der Waals surface area contributed by atoms with Crippen molar-refractivity contribution in [3.63, 3.8) is 0 Å². The summed E-state index contributed by atoms with van der Waals surface area (Å²) in [4.78, 5) is 14.5. The summed E-state index contributed by atoms with van der Waals surface area (Å²) < 4.78 is 29.0. The third kappa shape index (κ3) is 2.66. The molecule has 0 aliphatic heterocycles. The number of methoxy groups -OCH3 is 1. The lowest BCUT2D eigenvalue weighted by atomic mass is 10.2. The number of halogens is 3. The lowest BCUT2D eigenvalue weighted by Gasteiger charge is -2.08. The molecule has 0 atom stereocenters. The molecule has 0 unspecified atom stereocenters. The first-order valence-electron chi connectivity index (χ1n) is 4.18. The van der Waals surface area contributed by atoms with Crippen LogP contribution in [0.2, 0.25) is 0 Å². The molecule has 0 aliphatic rings. The molecule has 0 saturated carbocycles. The molecule has 0 bridgehead atoms. The van der Waals surface area contributed by atoms with Gasteiger partial charge in [-0.3, -0.25) is 9.78 Å². The van der Waals surface area contributed by atoms with Crippen LogP contribution in [0, 0.1) is 0 Å². The maximum absolute atomic E-state index is 12.4. The van der Waals surface area contributed by atoms with E-state index in [0.717, 1.165) is 6.20 Å². The second kappa shape index (κ2) is 5.20. The van der Waals surface area contributed by atoms with Crippen molar-refractivity contribution < 1.29 is 23.4 Å². The molecule has 0 saturated heterocycles. The van der Waals surface area contributed by atoms with E-state index in [0.29, 0.717) is 0 Å². The maximum Gasteiger partial charge on any atom is 0.311 e. The third-order valence-corrected chi connectivity index (χ3v) is 2.70. The largest absolute Gasteiger partial charge is 0.505 e. The first-order chi connectivity index (χ1) is 7.47. The number of alkyl halides is 2. The van der Waals surface area contributed by atoms with Gasteiger partial charge in [-0.25, -0.2) is 8.78 Å². The van der Waals surface area contributed by atoms with Crippen molar-refractivity contribution in [2.75, 3.05) is 7.11 Å². The Kier molecular flexibility index (Phi) is 4.17. The van der Waals surface area contributed by atoms with Gasteiger partial charge in [0, 0.05) is 6.20 Å². The number of hydrogen-bond donors (Lipinski definition) is 1. The molecule has 88 valence electrons. The third-order valence-electron chi connectivity index (χ3n) is 1.87. The van der Waals surface area contributed by atoms with Gasteiger partial charge >= 0.3 is 5.97 Å². The molecule has 0 radical (unpaired) electrons. The predicted octanol–water partition coefficient (Wildman–Crippen LogP) is 2.20. The van der Waals surface area contributed by atoms with Gasteiger partial charge in [0.25, 0.3) is 6.43 Å². The fraction of sp³-hybridized carbons (Fsp3) is 0.333. The smallest absolute Gasteiger partial charge is 0.311 e. The molecular formula is C9H8BrF2NO3. The van der Waals surface area contributed by atoms with Gasteiger partial charge in [-0.2, -0.15) is 0 Å². The lowest BCUT2D eigenvalue weighted by Crippen LogP contribution is -2.07. The summed E-state index contributed by atoms with van der Waals surface area (Å²) in [6.07, 6.45) is -2.11. The number of hydrogen-bond acceptors (Lipinski definition) is 4. The minimum atomic E-state index is -2.75. The lowest BCUT2D eigenvalue weighted by molar-refractivity contribution is -0.139. The second-order valence-electron chi connectivity index (χ2n) is 2.88. The average Bonchev–Trinajstić information content (AvgIpc) is 2.24. The molecule has 1 aromatic heterocycles. The zero-order valence-corrected chi connectivity index (χ0v) is 9.79. The molecule has 16 heavy (non-hydrogen) atoms. The molecule has 4 nitrogen and oxygen atoms in total. The molecule has 0 spiro atoms. The number of carbonyl (C=O) groups excluding carboxylic acids is 1. The van der Waals surface area contributed by atoms with Crippen LogP contribution in [0.15, 0.2) is 10.7 Å². The molecule has 1 rings (SSSR count). The van der Waals surface area contributed by atoms with Crippen LogP contribution in [-0.4, -0.2) is 23.2 Å². The highest BCUT2D eigenvalue weighted by Crippen LogP contribution is 2.35. The van der Waals surface area contributed by atoms with E-state index in [1.54, 1.807) is 0 Å². The van der Waals surface area contributed by atoms with Gasteiger partial charge in [0.2, 0.25) is 0 Å². The number of pyridine rings is 1. The summed E-state index contributed by atoms with van der Waals surface area (Å²) in [5, 5.41) is 9.52. The van der Waals surface area contributed by atoms with Crippen molar-refractivity contribution >= 4 is 21.9 Å². The number of esters is 1. The Balaban J connectivity index is 3.07. The van der Waals surface area contributed by atoms with E-state index in [9.17, 15) is 18.7 Å². The molecule has 0 aromatic carbocycles. The number of ether oxygens (including phenoxy) is 1. The highest BCUT2D eigenvalue weighted by molar-refractivity contribution is 9.10. The number of nitrogens with zero attached hydrogens (tertiary/aromatic N) is 1. The number of carbonyl (C=O) groups is 1. The predicted molar refractivity (Wildman–Crippen MR) is 54.3 cm³/mol. The molecular weight excluding hydrogens is 288 g/mol. The first-order valence-corrected chi connectivity index (χ1v) is 4.97. The highest BCUT2D eigenvalue weighted by Gasteiger charge is 2.19. The quantitative estimate of drug-likeness (QED) is 0.869. The maximum atomic E-state index is 12.4. The Hall–Kier alpha value is -1.24. The van der Waals surface area contributed by atoms with Gasteiger partial charge in [0.05, 0.1) is 29.3 Å². The Morgan fingerprint density at radius 3 is 2.81 bits per heavy atom. The van der Waals surface area contributed by atoms with Crippen molar-refractivity contribution in [3.05, 3.63) is 21.9 Å². The zero-order chi connectivity index (χ0) is 12.3. The van der Waals surface area contributed by atoms with Gasteiger partial charge in [0.15, 0.2) is 5.75 Å². The molecule has 1 heterocycles. The van der Waals surface area contributed by atoms with Crippen LogP contribution in [0.25, 0.3) is 0 Å². The van der Waals surface area contributed by atoms with E-state index in [-0.39, 0.29) is 16.6 Å². The summed E-state index contributed by atoms with van der Waals surface area (Å²) in [6.45, 7) is 0. The fourth-order valence-electron chi connectivity index (χ4n) is 1.02. The number of aromatic hydroxyl groups is 1. The summed E-state index contributed by atoms with van der Waals surface area (Å²) in [6, 6.07) is 0. The number of aromatic nitrogens is 1. The van der Waals surface area contributed by atoms with Crippen LogP contribution >= 0.6 is 15.9 Å². The van der Waals surface area contributed by atoms with Crippen molar-refractivity contribution in [2.24, 2.45) is 0 Å². The Bertz CT molecular complexity index is 412. The van der Waals surface area contributed by atoms with E-state index in [2.05, 4.69) is 25.7 Å². The van der Waals surface area contributed by atoms with Gasteiger partial charge in [0.1, 0.15) is 0 Å². The molecule has 7 heteroatoms. The van der Waals surface area contributed by atoms with E-state index in [4.69, 9.17) is 0 Å². The summed E-state index contributed by atoms with van der Waals surface area (Å²) >= 11 is 2.82. The van der Waals surface area contributed by atoms with E-state index in [1.807, 2.05) is 0 Å². The van der Waals surface area contributed by atoms with Crippen LogP contribution < -0.4 is 0 Å². The van der Waals surface area contributed by atoms with Crippen molar-refractivity contribution in [3.8, 4) is 5.75 Å². The Morgan fingerprint density at radius 1 is 1.69 bits per heavy atom. The molecule has 1 aromatic rings. The topological polar surface area (TPSA) is 59.4 Å². The van der Waals surface area contributed by atoms with Crippen molar-refractivity contribution in [2.45, 2.75) is 12.8 Å². The van der Waals surface area contributed by atoms with Crippen molar-refractivity contribution in [1.29, 1.82) is 0 Å². The fourth-order valence-corrected chi connectivity index (χ4v) is 1.52.